The van der Waals surface area contributed by atoms with Gasteiger partial charge in [0.1, 0.15) is 0 Å². The number of fused-ring (bicyclic) bond motifs is 2. The molecule has 1 aromatic heterocycles. The molecule has 0 saturated carbocycles. The first kappa shape index (κ1) is 16.3. The van der Waals surface area contributed by atoms with E-state index in [2.05, 4.69) is 70.3 Å². The Hall–Kier alpha value is -2.85. The first-order valence-electron chi connectivity index (χ1n) is 9.63. The monoisotopic (exact) mass is 357 g/mol. The Kier molecular flexibility index (Phi) is 4.06. The fraction of sp³-hybridized carbons (Fsp3) is 0.261. The lowest BCUT2D eigenvalue weighted by Crippen LogP contribution is -2.45. The van der Waals surface area contributed by atoms with Crippen LogP contribution in [-0.4, -0.2) is 35.0 Å². The fourth-order valence-electron chi connectivity index (χ4n) is 4.48. The summed E-state index contributed by atoms with van der Waals surface area (Å²) in [5.41, 5.74) is 4.87. The Labute approximate surface area is 159 Å². The van der Waals surface area contributed by atoms with Gasteiger partial charge < -0.3 is 9.47 Å². The van der Waals surface area contributed by atoms with Gasteiger partial charge in [0.05, 0.1) is 12.6 Å². The minimum absolute atomic E-state index is 0.122. The van der Waals surface area contributed by atoms with Gasteiger partial charge in [0.15, 0.2) is 0 Å². The second-order valence-corrected chi connectivity index (χ2v) is 7.33. The summed E-state index contributed by atoms with van der Waals surface area (Å²) in [6.07, 6.45) is 3.09. The molecule has 2 aliphatic rings. The van der Waals surface area contributed by atoms with Gasteiger partial charge >= 0.3 is 0 Å². The Balaban J connectivity index is 1.43. The normalized spacial score (nSPS) is 19.0. The number of hydrogen-bond donors (Lipinski definition) is 0. The van der Waals surface area contributed by atoms with Crippen molar-refractivity contribution in [3.05, 3.63) is 89.7 Å². The van der Waals surface area contributed by atoms with E-state index in [-0.39, 0.29) is 11.9 Å². The van der Waals surface area contributed by atoms with E-state index in [0.29, 0.717) is 6.54 Å². The highest BCUT2D eigenvalue weighted by Gasteiger charge is 2.32. The van der Waals surface area contributed by atoms with Gasteiger partial charge in [-0.05, 0) is 35.7 Å². The molecule has 27 heavy (non-hydrogen) atoms. The summed E-state index contributed by atoms with van der Waals surface area (Å²) in [5, 5.41) is 0. The zero-order valence-electron chi connectivity index (χ0n) is 15.3. The van der Waals surface area contributed by atoms with Crippen LogP contribution in [0.1, 0.15) is 22.9 Å². The third-order valence-electron chi connectivity index (χ3n) is 5.78. The van der Waals surface area contributed by atoms with E-state index in [1.807, 2.05) is 17.0 Å². The van der Waals surface area contributed by atoms with Crippen LogP contribution in [0, 0.1) is 0 Å². The number of nitrogens with zero attached hydrogens (tertiary/aromatic N) is 3. The third-order valence-corrected chi connectivity index (χ3v) is 5.78. The van der Waals surface area contributed by atoms with Crippen molar-refractivity contribution in [1.29, 1.82) is 0 Å². The molecule has 1 unspecified atom stereocenters. The SMILES string of the molecule is O=C(CN1CCn2cccc2C1c1ccccc1)N1CCc2ccccc21. The van der Waals surface area contributed by atoms with Gasteiger partial charge in [-0.25, -0.2) is 0 Å². The average Bonchev–Trinajstić information content (AvgIpc) is 3.35. The van der Waals surface area contributed by atoms with Crippen molar-refractivity contribution < 1.29 is 4.79 Å². The molecule has 2 aromatic carbocycles. The van der Waals surface area contributed by atoms with Gasteiger partial charge in [-0.2, -0.15) is 0 Å². The molecule has 0 aliphatic carbocycles. The summed E-state index contributed by atoms with van der Waals surface area (Å²) < 4.78 is 2.31. The lowest BCUT2D eigenvalue weighted by Gasteiger charge is -2.37. The maximum atomic E-state index is 13.2. The minimum Gasteiger partial charge on any atom is -0.348 e. The molecule has 3 heterocycles. The third kappa shape index (κ3) is 2.86. The summed E-state index contributed by atoms with van der Waals surface area (Å²) in [6.45, 7) is 3.04. The van der Waals surface area contributed by atoms with Crippen LogP contribution in [-0.2, 0) is 17.8 Å². The van der Waals surface area contributed by atoms with Crippen LogP contribution in [0.4, 0.5) is 5.69 Å². The van der Waals surface area contributed by atoms with Gasteiger partial charge in [-0.15, -0.1) is 0 Å². The van der Waals surface area contributed by atoms with Crippen molar-refractivity contribution >= 4 is 11.6 Å². The number of rotatable bonds is 3. The lowest BCUT2D eigenvalue weighted by molar-refractivity contribution is -0.120. The van der Waals surface area contributed by atoms with Crippen molar-refractivity contribution in [1.82, 2.24) is 9.47 Å². The molecule has 0 N–H and O–H groups in total. The van der Waals surface area contributed by atoms with Crippen molar-refractivity contribution in [3.63, 3.8) is 0 Å². The molecule has 5 rings (SSSR count). The van der Waals surface area contributed by atoms with Gasteiger partial charge in [-0.3, -0.25) is 9.69 Å². The number of benzene rings is 2. The Morgan fingerprint density at radius 1 is 0.889 bits per heavy atom. The molecule has 4 heteroatoms. The molecule has 0 bridgehead atoms. The first-order valence-corrected chi connectivity index (χ1v) is 9.63. The molecular weight excluding hydrogens is 334 g/mol. The molecule has 0 spiro atoms. The highest BCUT2D eigenvalue weighted by atomic mass is 16.2. The zero-order valence-corrected chi connectivity index (χ0v) is 15.3. The largest absolute Gasteiger partial charge is 0.348 e. The number of aromatic nitrogens is 1. The van der Waals surface area contributed by atoms with E-state index in [9.17, 15) is 4.79 Å². The quantitative estimate of drug-likeness (QED) is 0.718. The molecule has 0 saturated heterocycles. The van der Waals surface area contributed by atoms with Crippen LogP contribution in [0.2, 0.25) is 0 Å². The fourth-order valence-corrected chi connectivity index (χ4v) is 4.48. The molecule has 136 valence electrons. The van der Waals surface area contributed by atoms with Crippen LogP contribution < -0.4 is 4.90 Å². The van der Waals surface area contributed by atoms with Crippen molar-refractivity contribution in [2.24, 2.45) is 0 Å². The molecular formula is C23H23N3O. The van der Waals surface area contributed by atoms with Crippen LogP contribution in [0.3, 0.4) is 0 Å². The second kappa shape index (κ2) is 6.71. The van der Waals surface area contributed by atoms with Crippen LogP contribution in [0.25, 0.3) is 0 Å². The van der Waals surface area contributed by atoms with Crippen LogP contribution >= 0.6 is 0 Å². The predicted molar refractivity (Wildman–Crippen MR) is 107 cm³/mol. The van der Waals surface area contributed by atoms with E-state index in [1.54, 1.807) is 0 Å². The topological polar surface area (TPSA) is 28.5 Å². The number of hydrogen-bond acceptors (Lipinski definition) is 2. The van der Waals surface area contributed by atoms with Gasteiger partial charge in [0.2, 0.25) is 5.91 Å². The van der Waals surface area contributed by atoms with Crippen molar-refractivity contribution in [2.75, 3.05) is 24.5 Å². The summed E-state index contributed by atoms with van der Waals surface area (Å²) in [7, 11) is 0. The second-order valence-electron chi connectivity index (χ2n) is 7.33. The Morgan fingerprint density at radius 2 is 1.70 bits per heavy atom. The molecule has 1 amide bonds. The average molecular weight is 357 g/mol. The standard InChI is InChI=1S/C23H23N3O/c27-22(26-14-12-18-7-4-5-10-20(18)26)17-25-16-15-24-13-6-11-21(24)23(25)19-8-2-1-3-9-19/h1-11,13,23H,12,14-17H2. The first-order chi connectivity index (χ1) is 13.3. The number of anilines is 1. The number of para-hydroxylation sites is 1. The number of carbonyl (C=O) groups is 1. The summed E-state index contributed by atoms with van der Waals surface area (Å²) >= 11 is 0. The summed E-state index contributed by atoms with van der Waals surface area (Å²) in [6, 6.07) is 23.2. The zero-order chi connectivity index (χ0) is 18.2. The molecule has 1 atom stereocenters. The van der Waals surface area contributed by atoms with E-state index >= 15 is 0 Å². The molecule has 3 aromatic rings. The van der Waals surface area contributed by atoms with Gasteiger partial charge in [0.25, 0.3) is 0 Å². The smallest absolute Gasteiger partial charge is 0.241 e. The molecule has 0 radical (unpaired) electrons. The van der Waals surface area contributed by atoms with E-state index in [4.69, 9.17) is 0 Å². The summed E-state index contributed by atoms with van der Waals surface area (Å²) in [5.74, 6) is 0.195. The van der Waals surface area contributed by atoms with Crippen LogP contribution in [0.5, 0.6) is 0 Å². The molecule has 2 aliphatic heterocycles. The molecule has 0 fully saturated rings. The lowest BCUT2D eigenvalue weighted by atomic mass is 10.00. The van der Waals surface area contributed by atoms with Crippen molar-refractivity contribution in [3.8, 4) is 0 Å². The van der Waals surface area contributed by atoms with Crippen molar-refractivity contribution in [2.45, 2.75) is 19.0 Å². The Bertz CT molecular complexity index is 963. The Morgan fingerprint density at radius 3 is 2.59 bits per heavy atom. The maximum absolute atomic E-state index is 13.2. The van der Waals surface area contributed by atoms with Gasteiger partial charge in [-0.1, -0.05) is 48.5 Å². The number of carbonyl (C=O) groups excluding carboxylic acids is 1. The number of amides is 1. The van der Waals surface area contributed by atoms with E-state index < -0.39 is 0 Å². The maximum Gasteiger partial charge on any atom is 0.241 e. The van der Waals surface area contributed by atoms with Crippen LogP contribution in [0.15, 0.2) is 72.9 Å². The van der Waals surface area contributed by atoms with Gasteiger partial charge in [0, 0.05) is 37.2 Å². The minimum atomic E-state index is 0.122. The highest BCUT2D eigenvalue weighted by molar-refractivity contribution is 5.96. The van der Waals surface area contributed by atoms with E-state index in [1.165, 1.54) is 16.8 Å². The van der Waals surface area contributed by atoms with E-state index in [0.717, 1.165) is 31.7 Å². The highest BCUT2D eigenvalue weighted by Crippen LogP contribution is 2.33. The molecule has 4 nitrogen and oxygen atoms in total. The summed E-state index contributed by atoms with van der Waals surface area (Å²) in [4.78, 5) is 17.5. The predicted octanol–water partition coefficient (Wildman–Crippen LogP) is 3.48.